The van der Waals surface area contributed by atoms with Crippen LogP contribution in [0.25, 0.3) is 10.9 Å². The Morgan fingerprint density at radius 2 is 1.74 bits per heavy atom. The van der Waals surface area contributed by atoms with Crippen molar-refractivity contribution in [2.45, 2.75) is 13.2 Å². The molecule has 0 atom stereocenters. The Morgan fingerprint density at radius 3 is 2.53 bits per heavy atom. The molecule has 0 unspecified atom stereocenters. The van der Waals surface area contributed by atoms with Gasteiger partial charge in [-0.25, -0.2) is 0 Å². The van der Waals surface area contributed by atoms with Crippen molar-refractivity contribution in [3.8, 4) is 0 Å². The third-order valence-electron chi connectivity index (χ3n) is 3.37. The van der Waals surface area contributed by atoms with Gasteiger partial charge >= 0.3 is 0 Å². The van der Waals surface area contributed by atoms with Crippen LogP contribution in [0, 0.1) is 0 Å². The molecule has 2 aromatic carbocycles. The standard InChI is InChI=1S/C16H14BrNO/c17-15-6-2-1-4-12(15)10-18-9-8-14-13(11-19)5-3-7-16(14)18/h1-9,19H,10-11H2. The molecule has 0 bridgehead atoms. The van der Waals surface area contributed by atoms with Gasteiger partial charge < -0.3 is 9.67 Å². The summed E-state index contributed by atoms with van der Waals surface area (Å²) in [6.07, 6.45) is 2.07. The lowest BCUT2D eigenvalue weighted by Gasteiger charge is -2.08. The van der Waals surface area contributed by atoms with Gasteiger partial charge in [-0.1, -0.05) is 46.3 Å². The van der Waals surface area contributed by atoms with Gasteiger partial charge in [0.1, 0.15) is 0 Å². The lowest BCUT2D eigenvalue weighted by molar-refractivity contribution is 0.283. The summed E-state index contributed by atoms with van der Waals surface area (Å²) in [4.78, 5) is 0. The number of fused-ring (bicyclic) bond motifs is 1. The maximum absolute atomic E-state index is 9.36. The Kier molecular flexibility index (Phi) is 3.40. The zero-order valence-corrected chi connectivity index (χ0v) is 12.0. The lowest BCUT2D eigenvalue weighted by atomic mass is 10.1. The summed E-state index contributed by atoms with van der Waals surface area (Å²) in [6, 6.07) is 16.3. The summed E-state index contributed by atoms with van der Waals surface area (Å²) in [5, 5.41) is 10.5. The molecule has 19 heavy (non-hydrogen) atoms. The van der Waals surface area contributed by atoms with Crippen LogP contribution < -0.4 is 0 Å². The molecule has 0 spiro atoms. The Bertz CT molecular complexity index is 718. The molecular formula is C16H14BrNO. The van der Waals surface area contributed by atoms with E-state index in [1.54, 1.807) is 0 Å². The lowest BCUT2D eigenvalue weighted by Crippen LogP contribution is -1.98. The van der Waals surface area contributed by atoms with Crippen LogP contribution in [0.2, 0.25) is 0 Å². The Hall–Kier alpha value is -1.58. The van der Waals surface area contributed by atoms with Crippen LogP contribution in [0.3, 0.4) is 0 Å². The van der Waals surface area contributed by atoms with Crippen molar-refractivity contribution in [3.05, 3.63) is 70.3 Å². The molecule has 96 valence electrons. The van der Waals surface area contributed by atoms with E-state index >= 15 is 0 Å². The zero-order chi connectivity index (χ0) is 13.2. The fourth-order valence-corrected chi connectivity index (χ4v) is 2.78. The first-order chi connectivity index (χ1) is 9.29. The fraction of sp³-hybridized carbons (Fsp3) is 0.125. The van der Waals surface area contributed by atoms with Gasteiger partial charge in [-0.05, 0) is 29.3 Å². The molecule has 0 saturated carbocycles. The molecule has 0 aliphatic rings. The fourth-order valence-electron chi connectivity index (χ4n) is 2.37. The monoisotopic (exact) mass is 315 g/mol. The van der Waals surface area contributed by atoms with Gasteiger partial charge in [-0.3, -0.25) is 0 Å². The summed E-state index contributed by atoms with van der Waals surface area (Å²) in [5.74, 6) is 0. The second-order valence-electron chi connectivity index (χ2n) is 4.54. The number of aromatic nitrogens is 1. The highest BCUT2D eigenvalue weighted by atomic mass is 79.9. The number of hydrogen-bond acceptors (Lipinski definition) is 1. The highest BCUT2D eigenvalue weighted by Crippen LogP contribution is 2.23. The number of benzene rings is 2. The van der Waals surface area contributed by atoms with Gasteiger partial charge in [0.05, 0.1) is 6.61 Å². The Labute approximate surface area is 120 Å². The molecule has 0 saturated heterocycles. The van der Waals surface area contributed by atoms with E-state index < -0.39 is 0 Å². The number of aliphatic hydroxyl groups excluding tert-OH is 1. The molecule has 1 aromatic heterocycles. The first-order valence-corrected chi connectivity index (χ1v) is 7.00. The minimum Gasteiger partial charge on any atom is -0.392 e. The number of nitrogens with zero attached hydrogens (tertiary/aromatic N) is 1. The van der Waals surface area contributed by atoms with E-state index in [1.165, 1.54) is 5.56 Å². The molecule has 2 nitrogen and oxygen atoms in total. The number of hydrogen-bond donors (Lipinski definition) is 1. The normalized spacial score (nSPS) is 11.1. The molecule has 3 heteroatoms. The third-order valence-corrected chi connectivity index (χ3v) is 4.15. The molecule has 0 aliphatic heterocycles. The summed E-state index contributed by atoms with van der Waals surface area (Å²) < 4.78 is 3.32. The van der Waals surface area contributed by atoms with Crippen molar-refractivity contribution >= 4 is 26.8 Å². The maximum Gasteiger partial charge on any atom is 0.0688 e. The maximum atomic E-state index is 9.36. The van der Waals surface area contributed by atoms with Crippen molar-refractivity contribution in [1.29, 1.82) is 0 Å². The van der Waals surface area contributed by atoms with E-state index in [-0.39, 0.29) is 6.61 Å². The summed E-state index contributed by atoms with van der Waals surface area (Å²) in [6.45, 7) is 0.899. The molecule has 0 fully saturated rings. The molecule has 0 radical (unpaired) electrons. The number of aliphatic hydroxyl groups is 1. The van der Waals surface area contributed by atoms with Crippen molar-refractivity contribution in [1.82, 2.24) is 4.57 Å². The average molecular weight is 316 g/mol. The van der Waals surface area contributed by atoms with Gasteiger partial charge in [0.2, 0.25) is 0 Å². The quantitative estimate of drug-likeness (QED) is 0.778. The van der Waals surface area contributed by atoms with E-state index in [0.717, 1.165) is 27.5 Å². The van der Waals surface area contributed by atoms with E-state index in [2.05, 4.69) is 51.0 Å². The zero-order valence-electron chi connectivity index (χ0n) is 10.4. The smallest absolute Gasteiger partial charge is 0.0688 e. The molecular weight excluding hydrogens is 302 g/mol. The van der Waals surface area contributed by atoms with Crippen LogP contribution in [0.1, 0.15) is 11.1 Å². The molecule has 3 aromatic rings. The third kappa shape index (κ3) is 2.31. The van der Waals surface area contributed by atoms with Crippen molar-refractivity contribution < 1.29 is 5.11 Å². The topological polar surface area (TPSA) is 25.2 Å². The summed E-state index contributed by atoms with van der Waals surface area (Å²) >= 11 is 3.58. The molecule has 1 heterocycles. The van der Waals surface area contributed by atoms with E-state index in [0.29, 0.717) is 0 Å². The Balaban J connectivity index is 2.05. The van der Waals surface area contributed by atoms with Gasteiger partial charge in [0.15, 0.2) is 0 Å². The van der Waals surface area contributed by atoms with Gasteiger partial charge in [0.25, 0.3) is 0 Å². The van der Waals surface area contributed by atoms with E-state index in [1.807, 2.05) is 24.3 Å². The predicted molar refractivity (Wildman–Crippen MR) is 81.1 cm³/mol. The number of halogens is 1. The summed E-state index contributed by atoms with van der Waals surface area (Å²) in [5.41, 5.74) is 3.38. The first kappa shape index (κ1) is 12.5. The van der Waals surface area contributed by atoms with Crippen molar-refractivity contribution in [2.75, 3.05) is 0 Å². The van der Waals surface area contributed by atoms with Crippen LogP contribution in [0.15, 0.2) is 59.2 Å². The van der Waals surface area contributed by atoms with Crippen LogP contribution >= 0.6 is 15.9 Å². The van der Waals surface area contributed by atoms with Crippen LogP contribution in [0.5, 0.6) is 0 Å². The largest absolute Gasteiger partial charge is 0.392 e. The Morgan fingerprint density at radius 1 is 0.947 bits per heavy atom. The highest BCUT2D eigenvalue weighted by Gasteiger charge is 2.06. The van der Waals surface area contributed by atoms with Crippen LogP contribution in [-0.2, 0) is 13.2 Å². The van der Waals surface area contributed by atoms with Crippen LogP contribution in [-0.4, -0.2) is 9.67 Å². The molecule has 0 aliphatic carbocycles. The van der Waals surface area contributed by atoms with Gasteiger partial charge in [-0.2, -0.15) is 0 Å². The second-order valence-corrected chi connectivity index (χ2v) is 5.40. The van der Waals surface area contributed by atoms with E-state index in [9.17, 15) is 5.11 Å². The second kappa shape index (κ2) is 5.19. The highest BCUT2D eigenvalue weighted by molar-refractivity contribution is 9.10. The SMILES string of the molecule is OCc1cccc2c1ccn2Cc1ccccc1Br. The molecule has 3 rings (SSSR count). The minimum atomic E-state index is 0.0797. The van der Waals surface area contributed by atoms with Gasteiger partial charge in [0, 0.05) is 28.1 Å². The molecule has 0 amide bonds. The van der Waals surface area contributed by atoms with Gasteiger partial charge in [-0.15, -0.1) is 0 Å². The summed E-state index contributed by atoms with van der Waals surface area (Å²) in [7, 11) is 0. The first-order valence-electron chi connectivity index (χ1n) is 6.20. The van der Waals surface area contributed by atoms with E-state index in [4.69, 9.17) is 0 Å². The van der Waals surface area contributed by atoms with Crippen LogP contribution in [0.4, 0.5) is 0 Å². The van der Waals surface area contributed by atoms with Crippen molar-refractivity contribution in [2.24, 2.45) is 0 Å². The van der Waals surface area contributed by atoms with Crippen molar-refractivity contribution in [3.63, 3.8) is 0 Å². The molecule has 1 N–H and O–H groups in total. The number of rotatable bonds is 3. The minimum absolute atomic E-state index is 0.0797. The predicted octanol–water partition coefficient (Wildman–Crippen LogP) is 3.94. The average Bonchev–Trinajstić information content (AvgIpc) is 2.84.